The van der Waals surface area contributed by atoms with Gasteiger partial charge in [-0.3, -0.25) is 14.4 Å². The summed E-state index contributed by atoms with van der Waals surface area (Å²) in [7, 11) is 1.22. The second kappa shape index (κ2) is 12.6. The van der Waals surface area contributed by atoms with Crippen LogP contribution < -0.4 is 10.6 Å². The lowest BCUT2D eigenvalue weighted by molar-refractivity contribution is -0.145. The summed E-state index contributed by atoms with van der Waals surface area (Å²) >= 11 is 4.25. The average molecular weight is 496 g/mol. The number of rotatable bonds is 9. The van der Waals surface area contributed by atoms with Crippen molar-refractivity contribution in [2.75, 3.05) is 19.4 Å². The van der Waals surface area contributed by atoms with Crippen LogP contribution in [0.2, 0.25) is 0 Å². The number of hydrogen-bond acceptors (Lipinski definition) is 7. The maximum Gasteiger partial charge on any atom is 0.408 e. The van der Waals surface area contributed by atoms with E-state index >= 15 is 0 Å². The minimum Gasteiger partial charge on any atom is -0.468 e. The Bertz CT molecular complexity index is 897. The molecule has 2 N–H and O–H groups in total. The molecule has 2 atom stereocenters. The topological polar surface area (TPSA) is 114 Å². The zero-order valence-corrected chi connectivity index (χ0v) is 22.1. The molecule has 0 spiro atoms. The lowest BCUT2D eigenvalue weighted by Crippen LogP contribution is -2.56. The molecule has 34 heavy (non-hydrogen) atoms. The van der Waals surface area contributed by atoms with E-state index in [1.807, 2.05) is 19.9 Å². The van der Waals surface area contributed by atoms with Gasteiger partial charge in [-0.1, -0.05) is 18.2 Å². The van der Waals surface area contributed by atoms with E-state index in [1.165, 1.54) is 12.0 Å². The number of nitrogens with zero attached hydrogens (tertiary/aromatic N) is 1. The molecule has 1 aromatic rings. The van der Waals surface area contributed by atoms with E-state index in [0.29, 0.717) is 5.56 Å². The largest absolute Gasteiger partial charge is 0.468 e. The van der Waals surface area contributed by atoms with Gasteiger partial charge < -0.3 is 25.0 Å². The van der Waals surface area contributed by atoms with Crippen molar-refractivity contribution in [1.29, 1.82) is 0 Å². The highest BCUT2D eigenvalue weighted by molar-refractivity contribution is 7.80. The van der Waals surface area contributed by atoms with Crippen LogP contribution in [-0.2, 0) is 23.9 Å². The number of methoxy groups -OCH3 is 1. The fourth-order valence-corrected chi connectivity index (χ4v) is 3.56. The van der Waals surface area contributed by atoms with E-state index in [-0.39, 0.29) is 12.3 Å². The number of benzene rings is 1. The lowest BCUT2D eigenvalue weighted by Gasteiger charge is -2.37. The van der Waals surface area contributed by atoms with Gasteiger partial charge in [-0.2, -0.15) is 12.6 Å². The van der Waals surface area contributed by atoms with Crippen molar-refractivity contribution in [3.63, 3.8) is 0 Å². The molecule has 0 fully saturated rings. The molecular weight excluding hydrogens is 458 g/mol. The first-order chi connectivity index (χ1) is 15.7. The number of amides is 3. The van der Waals surface area contributed by atoms with Crippen molar-refractivity contribution in [3.8, 4) is 0 Å². The molecule has 0 heterocycles. The van der Waals surface area contributed by atoms with Gasteiger partial charge in [-0.05, 0) is 65.2 Å². The molecule has 10 heteroatoms. The van der Waals surface area contributed by atoms with Crippen LogP contribution in [-0.4, -0.2) is 65.9 Å². The van der Waals surface area contributed by atoms with Crippen LogP contribution in [0.5, 0.6) is 0 Å². The van der Waals surface area contributed by atoms with Crippen LogP contribution in [0.3, 0.4) is 0 Å². The quantitative estimate of drug-likeness (QED) is 0.359. The lowest BCUT2D eigenvalue weighted by atomic mass is 9.94. The molecule has 0 aliphatic carbocycles. The Morgan fingerprint density at radius 3 is 2.24 bits per heavy atom. The van der Waals surface area contributed by atoms with Crippen molar-refractivity contribution in [1.82, 2.24) is 15.5 Å². The maximum atomic E-state index is 13.7. The van der Waals surface area contributed by atoms with Crippen LogP contribution in [0, 0.1) is 13.8 Å². The number of esters is 1. The third-order valence-corrected chi connectivity index (χ3v) is 5.45. The first-order valence-electron chi connectivity index (χ1n) is 11.1. The summed E-state index contributed by atoms with van der Waals surface area (Å²) in [6, 6.07) is 2.95. The number of carbonyl (C=O) groups excluding carboxylic acids is 4. The highest BCUT2D eigenvalue weighted by Crippen LogP contribution is 2.29. The van der Waals surface area contributed by atoms with Crippen LogP contribution in [0.1, 0.15) is 57.4 Å². The van der Waals surface area contributed by atoms with Gasteiger partial charge in [0.15, 0.2) is 0 Å². The predicted molar refractivity (Wildman–Crippen MR) is 133 cm³/mol. The Hall–Kier alpha value is -2.75. The van der Waals surface area contributed by atoms with Crippen LogP contribution in [0.15, 0.2) is 18.2 Å². The van der Waals surface area contributed by atoms with Gasteiger partial charge in [0.1, 0.15) is 24.2 Å². The molecule has 0 saturated carbocycles. The highest BCUT2D eigenvalue weighted by atomic mass is 32.1. The summed E-state index contributed by atoms with van der Waals surface area (Å²) in [6.07, 6.45) is -0.762. The molecule has 2 unspecified atom stereocenters. The van der Waals surface area contributed by atoms with Crippen molar-refractivity contribution < 1.29 is 28.7 Å². The number of aryl methyl sites for hydroxylation is 1. The van der Waals surface area contributed by atoms with Crippen molar-refractivity contribution in [2.45, 2.75) is 72.2 Å². The number of carbonyl (C=O) groups is 4. The first kappa shape index (κ1) is 29.3. The minimum absolute atomic E-state index is 0.00933. The van der Waals surface area contributed by atoms with Gasteiger partial charge in [0.25, 0.3) is 0 Å². The van der Waals surface area contributed by atoms with Crippen molar-refractivity contribution in [3.05, 3.63) is 34.9 Å². The second-order valence-corrected chi connectivity index (χ2v) is 9.57. The summed E-state index contributed by atoms with van der Waals surface area (Å²) in [4.78, 5) is 52.4. The fraction of sp³-hybridized carbons (Fsp3) is 0.583. The molecule has 9 nitrogen and oxygen atoms in total. The Labute approximate surface area is 207 Å². The summed E-state index contributed by atoms with van der Waals surface area (Å²) in [5.41, 5.74) is 1.64. The van der Waals surface area contributed by atoms with Gasteiger partial charge in [-0.15, -0.1) is 0 Å². The predicted octanol–water partition coefficient (Wildman–Crippen LogP) is 2.69. The molecule has 3 amide bonds. The molecule has 0 aromatic heterocycles. The van der Waals surface area contributed by atoms with E-state index in [2.05, 4.69) is 28.0 Å². The van der Waals surface area contributed by atoms with Crippen molar-refractivity contribution in [2.24, 2.45) is 0 Å². The molecular formula is C24H37N3O6S. The number of ether oxygens (including phenoxy) is 2. The zero-order chi connectivity index (χ0) is 26.2. The number of alkyl carbamates (subject to hydrolysis) is 1. The SMILES string of the molecule is COC(=O)CNC(=O)C(c1cccc(C)c1C)N(C(=O)C(CS)NC(=O)OC(C)(C)C)C(C)C. The van der Waals surface area contributed by atoms with E-state index < -0.39 is 47.6 Å². The van der Waals surface area contributed by atoms with Gasteiger partial charge >= 0.3 is 12.1 Å². The minimum atomic E-state index is -1.06. The second-order valence-electron chi connectivity index (χ2n) is 9.21. The molecule has 0 aliphatic heterocycles. The molecule has 0 bridgehead atoms. The molecule has 0 aliphatic rings. The van der Waals surface area contributed by atoms with Gasteiger partial charge in [0.05, 0.1) is 7.11 Å². The van der Waals surface area contributed by atoms with Gasteiger partial charge in [0.2, 0.25) is 11.8 Å². The summed E-state index contributed by atoms with van der Waals surface area (Å²) in [5, 5.41) is 5.11. The Morgan fingerprint density at radius 2 is 1.74 bits per heavy atom. The summed E-state index contributed by atoms with van der Waals surface area (Å²) in [6.45, 7) is 12.1. The Kier molecular flexibility index (Phi) is 10.9. The zero-order valence-electron chi connectivity index (χ0n) is 21.2. The number of hydrogen-bond donors (Lipinski definition) is 3. The van der Waals surface area contributed by atoms with E-state index in [0.717, 1.165) is 11.1 Å². The maximum absolute atomic E-state index is 13.7. The van der Waals surface area contributed by atoms with Crippen LogP contribution >= 0.6 is 12.6 Å². The molecule has 1 rings (SSSR count). The fourth-order valence-electron chi connectivity index (χ4n) is 3.31. The summed E-state index contributed by atoms with van der Waals surface area (Å²) < 4.78 is 9.90. The molecule has 0 radical (unpaired) electrons. The van der Waals surface area contributed by atoms with Crippen LogP contribution in [0.25, 0.3) is 0 Å². The van der Waals surface area contributed by atoms with Gasteiger partial charge in [-0.25, -0.2) is 4.79 Å². The molecule has 1 aromatic carbocycles. The normalized spacial score (nSPS) is 13.0. The molecule has 190 valence electrons. The van der Waals surface area contributed by atoms with Crippen LogP contribution in [0.4, 0.5) is 4.79 Å². The summed E-state index contributed by atoms with van der Waals surface area (Å²) in [5.74, 6) is -1.67. The van der Waals surface area contributed by atoms with E-state index in [9.17, 15) is 19.2 Å². The smallest absolute Gasteiger partial charge is 0.408 e. The third kappa shape index (κ3) is 8.23. The van der Waals surface area contributed by atoms with E-state index in [4.69, 9.17) is 4.74 Å². The van der Waals surface area contributed by atoms with Crippen molar-refractivity contribution >= 4 is 36.5 Å². The average Bonchev–Trinajstić information content (AvgIpc) is 2.74. The third-order valence-electron chi connectivity index (χ3n) is 5.08. The first-order valence-corrected chi connectivity index (χ1v) is 11.7. The standard InChI is InChI=1S/C24H37N3O6S/c1-14(2)27(22(30)18(13-34)26-23(31)33-24(5,6)7)20(21(29)25-12-19(28)32-8)17-11-9-10-15(3)16(17)4/h9-11,14,18,20,34H,12-13H2,1-8H3,(H,25,29)(H,26,31). The highest BCUT2D eigenvalue weighted by Gasteiger charge is 2.38. The number of nitrogens with one attached hydrogen (secondary N) is 2. The number of thiol groups is 1. The Morgan fingerprint density at radius 1 is 1.12 bits per heavy atom. The Balaban J connectivity index is 3.43. The van der Waals surface area contributed by atoms with Gasteiger partial charge in [0, 0.05) is 11.8 Å². The molecule has 0 saturated heterocycles. The van der Waals surface area contributed by atoms with E-state index in [1.54, 1.807) is 46.8 Å². The monoisotopic (exact) mass is 495 g/mol.